The lowest BCUT2D eigenvalue weighted by molar-refractivity contribution is 0.0237. The summed E-state index contributed by atoms with van der Waals surface area (Å²) in [5.41, 5.74) is -0.633. The second kappa shape index (κ2) is 4.74. The van der Waals surface area contributed by atoms with Crippen molar-refractivity contribution in [3.8, 4) is 0 Å². The SMILES string of the molecule is O=C(c1cccnc1)C1(O)CCCCCC1. The lowest BCUT2D eigenvalue weighted by atomic mass is 9.87. The van der Waals surface area contributed by atoms with Gasteiger partial charge in [-0.05, 0) is 25.0 Å². The van der Waals surface area contributed by atoms with Crippen LogP contribution < -0.4 is 0 Å². The third-order valence-electron chi connectivity index (χ3n) is 3.28. The van der Waals surface area contributed by atoms with E-state index in [0.717, 1.165) is 25.7 Å². The molecule has 2 rings (SSSR count). The maximum absolute atomic E-state index is 12.2. The van der Waals surface area contributed by atoms with E-state index in [-0.39, 0.29) is 5.78 Å². The fraction of sp³-hybridized carbons (Fsp3) is 0.538. The van der Waals surface area contributed by atoms with Crippen LogP contribution in [0.25, 0.3) is 0 Å². The van der Waals surface area contributed by atoms with Gasteiger partial charge in [-0.15, -0.1) is 0 Å². The van der Waals surface area contributed by atoms with Crippen LogP contribution in [-0.4, -0.2) is 21.5 Å². The number of nitrogens with zero attached hydrogens (tertiary/aromatic N) is 1. The smallest absolute Gasteiger partial charge is 0.195 e. The highest BCUT2D eigenvalue weighted by Crippen LogP contribution is 2.29. The summed E-state index contributed by atoms with van der Waals surface area (Å²) in [7, 11) is 0. The van der Waals surface area contributed by atoms with Gasteiger partial charge < -0.3 is 5.11 Å². The van der Waals surface area contributed by atoms with Gasteiger partial charge in [-0.1, -0.05) is 25.7 Å². The molecule has 0 spiro atoms. The van der Waals surface area contributed by atoms with Crippen LogP contribution in [0, 0.1) is 0 Å². The van der Waals surface area contributed by atoms with Crippen molar-refractivity contribution in [2.45, 2.75) is 44.1 Å². The first-order valence-electron chi connectivity index (χ1n) is 5.90. The Morgan fingerprint density at radius 1 is 1.25 bits per heavy atom. The van der Waals surface area contributed by atoms with Crippen molar-refractivity contribution in [3.63, 3.8) is 0 Å². The van der Waals surface area contributed by atoms with Gasteiger partial charge in [0.25, 0.3) is 0 Å². The van der Waals surface area contributed by atoms with Gasteiger partial charge in [0, 0.05) is 18.0 Å². The molecule has 16 heavy (non-hydrogen) atoms. The van der Waals surface area contributed by atoms with Crippen molar-refractivity contribution in [3.05, 3.63) is 30.1 Å². The van der Waals surface area contributed by atoms with Crippen LogP contribution in [0.1, 0.15) is 48.9 Å². The van der Waals surface area contributed by atoms with E-state index in [1.54, 1.807) is 18.3 Å². The van der Waals surface area contributed by atoms with Gasteiger partial charge in [0.1, 0.15) is 5.60 Å². The Morgan fingerprint density at radius 2 is 1.94 bits per heavy atom. The number of carbonyl (C=O) groups is 1. The highest BCUT2D eigenvalue weighted by atomic mass is 16.3. The number of hydrogen-bond donors (Lipinski definition) is 1. The molecule has 0 amide bonds. The molecule has 86 valence electrons. The van der Waals surface area contributed by atoms with Crippen molar-refractivity contribution < 1.29 is 9.90 Å². The predicted molar refractivity (Wildman–Crippen MR) is 61.2 cm³/mol. The van der Waals surface area contributed by atoms with Gasteiger partial charge in [0.2, 0.25) is 0 Å². The molecule has 1 fully saturated rings. The molecule has 0 bridgehead atoms. The summed E-state index contributed by atoms with van der Waals surface area (Å²) < 4.78 is 0. The summed E-state index contributed by atoms with van der Waals surface area (Å²) >= 11 is 0. The van der Waals surface area contributed by atoms with Crippen LogP contribution in [0.3, 0.4) is 0 Å². The first kappa shape index (κ1) is 11.3. The van der Waals surface area contributed by atoms with Crippen LogP contribution in [0.15, 0.2) is 24.5 Å². The Bertz CT molecular complexity index is 353. The Kier molecular flexibility index (Phi) is 3.34. The zero-order valence-corrected chi connectivity index (χ0v) is 9.35. The minimum absolute atomic E-state index is 0.164. The molecule has 1 heterocycles. The molecule has 1 aliphatic carbocycles. The summed E-state index contributed by atoms with van der Waals surface area (Å²) in [4.78, 5) is 16.1. The molecule has 1 aliphatic rings. The first-order valence-corrected chi connectivity index (χ1v) is 5.90. The van der Waals surface area contributed by atoms with Crippen molar-refractivity contribution >= 4 is 5.78 Å². The monoisotopic (exact) mass is 219 g/mol. The number of Topliss-reactive ketones (excluding diaryl/α,β-unsaturated/α-hetero) is 1. The number of pyridine rings is 1. The van der Waals surface area contributed by atoms with E-state index in [9.17, 15) is 9.90 Å². The van der Waals surface area contributed by atoms with E-state index in [0.29, 0.717) is 18.4 Å². The van der Waals surface area contributed by atoms with E-state index in [1.807, 2.05) is 0 Å². The van der Waals surface area contributed by atoms with Crippen molar-refractivity contribution in [2.24, 2.45) is 0 Å². The molecular weight excluding hydrogens is 202 g/mol. The number of hydrogen-bond acceptors (Lipinski definition) is 3. The summed E-state index contributed by atoms with van der Waals surface area (Å²) in [5.74, 6) is -0.164. The van der Waals surface area contributed by atoms with Crippen LogP contribution in [-0.2, 0) is 0 Å². The Balaban J connectivity index is 2.19. The zero-order chi connectivity index (χ0) is 11.4. The molecule has 0 atom stereocenters. The maximum Gasteiger partial charge on any atom is 0.195 e. The van der Waals surface area contributed by atoms with Gasteiger partial charge >= 0.3 is 0 Å². The fourth-order valence-corrected chi connectivity index (χ4v) is 2.31. The van der Waals surface area contributed by atoms with E-state index in [4.69, 9.17) is 0 Å². The minimum atomic E-state index is -1.15. The lowest BCUT2D eigenvalue weighted by Crippen LogP contribution is -2.38. The molecule has 1 aromatic rings. The lowest BCUT2D eigenvalue weighted by Gasteiger charge is -2.24. The van der Waals surface area contributed by atoms with E-state index >= 15 is 0 Å². The Labute approximate surface area is 95.5 Å². The Hall–Kier alpha value is -1.22. The van der Waals surface area contributed by atoms with Gasteiger partial charge in [-0.25, -0.2) is 0 Å². The number of carbonyl (C=O) groups excluding carboxylic acids is 1. The summed E-state index contributed by atoms with van der Waals surface area (Å²) in [6.07, 6.45) is 8.43. The van der Waals surface area contributed by atoms with E-state index in [2.05, 4.69) is 4.98 Å². The van der Waals surface area contributed by atoms with Crippen LogP contribution in [0.2, 0.25) is 0 Å². The largest absolute Gasteiger partial charge is 0.382 e. The fourth-order valence-electron chi connectivity index (χ4n) is 2.31. The normalized spacial score (nSPS) is 20.1. The van der Waals surface area contributed by atoms with E-state index in [1.165, 1.54) is 6.20 Å². The summed E-state index contributed by atoms with van der Waals surface area (Å²) in [6, 6.07) is 3.45. The standard InChI is InChI=1S/C13H17NO2/c15-12(11-6-5-9-14-10-11)13(16)7-3-1-2-4-8-13/h5-6,9-10,16H,1-4,7-8H2. The van der Waals surface area contributed by atoms with Gasteiger partial charge in [-0.3, -0.25) is 9.78 Å². The number of aromatic nitrogens is 1. The second-order valence-electron chi connectivity index (χ2n) is 4.52. The molecule has 0 aromatic carbocycles. The van der Waals surface area contributed by atoms with Gasteiger partial charge in [0.05, 0.1) is 0 Å². The van der Waals surface area contributed by atoms with Crippen molar-refractivity contribution in [1.82, 2.24) is 4.98 Å². The highest BCUT2D eigenvalue weighted by molar-refractivity contribution is 6.02. The third kappa shape index (κ3) is 2.30. The number of rotatable bonds is 2. The molecule has 1 saturated carbocycles. The molecule has 0 saturated heterocycles. The Morgan fingerprint density at radius 3 is 2.50 bits per heavy atom. The van der Waals surface area contributed by atoms with Crippen LogP contribution >= 0.6 is 0 Å². The van der Waals surface area contributed by atoms with Crippen LogP contribution in [0.4, 0.5) is 0 Å². The molecule has 0 radical (unpaired) electrons. The zero-order valence-electron chi connectivity index (χ0n) is 9.35. The summed E-state index contributed by atoms with van der Waals surface area (Å²) in [6.45, 7) is 0. The van der Waals surface area contributed by atoms with Crippen LogP contribution in [0.5, 0.6) is 0 Å². The average Bonchev–Trinajstić information content (AvgIpc) is 2.55. The van der Waals surface area contributed by atoms with Crippen molar-refractivity contribution in [1.29, 1.82) is 0 Å². The van der Waals surface area contributed by atoms with E-state index < -0.39 is 5.60 Å². The quantitative estimate of drug-likeness (QED) is 0.613. The van der Waals surface area contributed by atoms with Gasteiger partial charge in [0.15, 0.2) is 5.78 Å². The highest BCUT2D eigenvalue weighted by Gasteiger charge is 2.36. The van der Waals surface area contributed by atoms with Crippen molar-refractivity contribution in [2.75, 3.05) is 0 Å². The topological polar surface area (TPSA) is 50.2 Å². The maximum atomic E-state index is 12.2. The first-order chi connectivity index (χ1) is 7.72. The molecule has 3 heteroatoms. The molecule has 1 N–H and O–H groups in total. The second-order valence-corrected chi connectivity index (χ2v) is 4.52. The molecule has 0 unspecified atom stereocenters. The summed E-state index contributed by atoms with van der Waals surface area (Å²) in [5, 5.41) is 10.4. The molecule has 1 aromatic heterocycles. The van der Waals surface area contributed by atoms with Gasteiger partial charge in [-0.2, -0.15) is 0 Å². The number of aliphatic hydroxyl groups is 1. The molecule has 0 aliphatic heterocycles. The average molecular weight is 219 g/mol. The minimum Gasteiger partial charge on any atom is -0.382 e. The third-order valence-corrected chi connectivity index (χ3v) is 3.28. The molecule has 3 nitrogen and oxygen atoms in total. The number of ketones is 1. The molecular formula is C13H17NO2. The predicted octanol–water partition coefficient (Wildman–Crippen LogP) is 2.35.